The largest absolute Gasteiger partial charge is 0.381 e. The second-order valence-electron chi connectivity index (χ2n) is 8.88. The van der Waals surface area contributed by atoms with Crippen LogP contribution in [0.5, 0.6) is 0 Å². The van der Waals surface area contributed by atoms with Gasteiger partial charge in [0.1, 0.15) is 0 Å². The minimum Gasteiger partial charge on any atom is -0.381 e. The molecule has 2 saturated carbocycles. The molecule has 0 aromatic rings. The Labute approximate surface area is 152 Å². The van der Waals surface area contributed by atoms with Crippen LogP contribution in [0.25, 0.3) is 0 Å². The fourth-order valence-electron chi connectivity index (χ4n) is 5.69. The minimum atomic E-state index is 0.247. The van der Waals surface area contributed by atoms with Gasteiger partial charge in [0.15, 0.2) is 0 Å². The lowest BCUT2D eigenvalue weighted by Gasteiger charge is -2.45. The molecule has 2 saturated heterocycles. The zero-order valence-electron chi connectivity index (χ0n) is 15.6. The SMILES string of the molecule is NC1C2CCCC1CC(C(=O)N1CCN(CC3CCOCC3)CC1)C2. The van der Waals surface area contributed by atoms with Gasteiger partial charge in [-0.05, 0) is 56.3 Å². The first-order valence-corrected chi connectivity index (χ1v) is 10.5. The number of carbonyl (C=O) groups excluding carboxylic acids is 1. The average Bonchev–Trinajstić information content (AvgIpc) is 2.62. The molecule has 0 aromatic heterocycles. The van der Waals surface area contributed by atoms with Crippen LogP contribution < -0.4 is 5.73 Å². The van der Waals surface area contributed by atoms with Crippen LogP contribution in [0.3, 0.4) is 0 Å². The lowest BCUT2D eigenvalue weighted by atomic mass is 9.65. The summed E-state index contributed by atoms with van der Waals surface area (Å²) in [5.74, 6) is 2.65. The Morgan fingerprint density at radius 1 is 0.960 bits per heavy atom. The summed E-state index contributed by atoms with van der Waals surface area (Å²) in [5.41, 5.74) is 6.39. The third-order valence-electron chi connectivity index (χ3n) is 7.30. The number of hydrogen-bond acceptors (Lipinski definition) is 4. The third-order valence-corrected chi connectivity index (χ3v) is 7.30. The Kier molecular flexibility index (Phi) is 5.63. The van der Waals surface area contributed by atoms with Crippen LogP contribution in [0.4, 0.5) is 0 Å². The maximum atomic E-state index is 13.0. The predicted molar refractivity (Wildman–Crippen MR) is 98.1 cm³/mol. The van der Waals surface area contributed by atoms with E-state index in [4.69, 9.17) is 10.5 Å². The molecule has 5 heteroatoms. The smallest absolute Gasteiger partial charge is 0.225 e. The van der Waals surface area contributed by atoms with Crippen molar-refractivity contribution in [1.29, 1.82) is 0 Å². The molecule has 2 aliphatic carbocycles. The highest BCUT2D eigenvalue weighted by Gasteiger charge is 2.41. The van der Waals surface area contributed by atoms with Crippen molar-refractivity contribution in [2.24, 2.45) is 29.4 Å². The van der Waals surface area contributed by atoms with E-state index in [2.05, 4.69) is 9.80 Å². The molecule has 0 aromatic carbocycles. The molecule has 0 radical (unpaired) electrons. The Hall–Kier alpha value is -0.650. The summed E-state index contributed by atoms with van der Waals surface area (Å²) in [6, 6.07) is 0.356. The fraction of sp³-hybridized carbons (Fsp3) is 0.950. The van der Waals surface area contributed by atoms with Crippen molar-refractivity contribution < 1.29 is 9.53 Å². The van der Waals surface area contributed by atoms with E-state index in [1.165, 1.54) is 38.6 Å². The van der Waals surface area contributed by atoms with Crippen LogP contribution in [0, 0.1) is 23.7 Å². The first-order valence-electron chi connectivity index (χ1n) is 10.5. The van der Waals surface area contributed by atoms with Crippen LogP contribution in [0.15, 0.2) is 0 Å². The number of hydrogen-bond donors (Lipinski definition) is 1. The molecular formula is C20H35N3O2. The summed E-state index contributed by atoms with van der Waals surface area (Å²) in [4.78, 5) is 17.7. The Balaban J connectivity index is 1.25. The minimum absolute atomic E-state index is 0.247. The van der Waals surface area contributed by atoms with Crippen molar-refractivity contribution in [1.82, 2.24) is 9.80 Å². The van der Waals surface area contributed by atoms with Gasteiger partial charge in [-0.3, -0.25) is 9.69 Å². The molecule has 25 heavy (non-hydrogen) atoms. The summed E-state index contributed by atoms with van der Waals surface area (Å²) < 4.78 is 5.46. The number of ether oxygens (including phenoxy) is 1. The van der Waals surface area contributed by atoms with Gasteiger partial charge in [-0.15, -0.1) is 0 Å². The number of nitrogens with two attached hydrogens (primary N) is 1. The van der Waals surface area contributed by atoms with Crippen molar-refractivity contribution in [2.45, 2.75) is 51.0 Å². The van der Waals surface area contributed by atoms with Gasteiger partial charge in [0.05, 0.1) is 0 Å². The monoisotopic (exact) mass is 349 g/mol. The van der Waals surface area contributed by atoms with Crippen molar-refractivity contribution in [3.05, 3.63) is 0 Å². The van der Waals surface area contributed by atoms with Crippen molar-refractivity contribution in [3.8, 4) is 0 Å². The van der Waals surface area contributed by atoms with Gasteiger partial charge >= 0.3 is 0 Å². The van der Waals surface area contributed by atoms with E-state index >= 15 is 0 Å². The molecular weight excluding hydrogens is 314 g/mol. The Morgan fingerprint density at radius 3 is 2.24 bits per heavy atom. The quantitative estimate of drug-likeness (QED) is 0.843. The molecule has 142 valence electrons. The summed E-state index contributed by atoms with van der Waals surface area (Å²) >= 11 is 0. The molecule has 2 aliphatic heterocycles. The lowest BCUT2D eigenvalue weighted by molar-refractivity contribution is -0.140. The molecule has 2 unspecified atom stereocenters. The van der Waals surface area contributed by atoms with E-state index < -0.39 is 0 Å². The van der Waals surface area contributed by atoms with Crippen LogP contribution >= 0.6 is 0 Å². The van der Waals surface area contributed by atoms with Crippen LogP contribution in [0.2, 0.25) is 0 Å². The molecule has 4 rings (SSSR count). The number of nitrogens with zero attached hydrogens (tertiary/aromatic N) is 2. The van der Waals surface area contributed by atoms with E-state index in [0.717, 1.165) is 58.2 Å². The van der Waals surface area contributed by atoms with E-state index in [1.807, 2.05) is 0 Å². The first kappa shape index (κ1) is 17.7. The molecule has 2 atom stereocenters. The first-order chi connectivity index (χ1) is 12.2. The van der Waals surface area contributed by atoms with Gasteiger partial charge < -0.3 is 15.4 Å². The highest BCUT2D eigenvalue weighted by Crippen LogP contribution is 2.42. The van der Waals surface area contributed by atoms with Gasteiger partial charge in [0.25, 0.3) is 0 Å². The fourth-order valence-corrected chi connectivity index (χ4v) is 5.69. The lowest BCUT2D eigenvalue weighted by Crippen LogP contribution is -2.54. The van der Waals surface area contributed by atoms with Crippen LogP contribution in [-0.2, 0) is 9.53 Å². The van der Waals surface area contributed by atoms with E-state index in [1.54, 1.807) is 0 Å². The molecule has 5 nitrogen and oxygen atoms in total. The van der Waals surface area contributed by atoms with Gasteiger partial charge in [0, 0.05) is 57.9 Å². The summed E-state index contributed by atoms with van der Waals surface area (Å²) in [6.07, 6.45) is 8.27. The van der Waals surface area contributed by atoms with Crippen molar-refractivity contribution >= 4 is 5.91 Å². The van der Waals surface area contributed by atoms with Crippen molar-refractivity contribution in [3.63, 3.8) is 0 Å². The number of rotatable bonds is 3. The Bertz CT molecular complexity index is 444. The second-order valence-corrected chi connectivity index (χ2v) is 8.88. The highest BCUT2D eigenvalue weighted by molar-refractivity contribution is 5.79. The molecule has 1 amide bonds. The third kappa shape index (κ3) is 4.04. The van der Waals surface area contributed by atoms with Crippen molar-refractivity contribution in [2.75, 3.05) is 45.9 Å². The van der Waals surface area contributed by atoms with Gasteiger partial charge in [-0.1, -0.05) is 6.42 Å². The standard InChI is InChI=1S/C20H35N3O2/c21-19-16-2-1-3-17(19)13-18(12-16)20(24)23-8-6-22(7-9-23)14-15-4-10-25-11-5-15/h15-19H,1-14,21H2. The van der Waals surface area contributed by atoms with Crippen LogP contribution in [-0.4, -0.2) is 67.7 Å². The zero-order valence-corrected chi connectivity index (χ0v) is 15.6. The Morgan fingerprint density at radius 2 is 1.60 bits per heavy atom. The molecule has 0 spiro atoms. The van der Waals surface area contributed by atoms with E-state index in [-0.39, 0.29) is 5.92 Å². The number of amides is 1. The van der Waals surface area contributed by atoms with Gasteiger partial charge in [-0.25, -0.2) is 0 Å². The molecule has 4 aliphatic rings. The summed E-state index contributed by atoms with van der Waals surface area (Å²) in [6.45, 7) is 6.96. The predicted octanol–water partition coefficient (Wildman–Crippen LogP) is 1.71. The zero-order chi connectivity index (χ0) is 17.2. The maximum absolute atomic E-state index is 13.0. The van der Waals surface area contributed by atoms with Gasteiger partial charge in [-0.2, -0.15) is 0 Å². The summed E-state index contributed by atoms with van der Waals surface area (Å²) in [7, 11) is 0. The summed E-state index contributed by atoms with van der Waals surface area (Å²) in [5, 5.41) is 0. The number of carbonyl (C=O) groups is 1. The maximum Gasteiger partial charge on any atom is 0.225 e. The van der Waals surface area contributed by atoms with Gasteiger partial charge in [0.2, 0.25) is 5.91 Å². The average molecular weight is 350 g/mol. The number of fused-ring (bicyclic) bond motifs is 2. The topological polar surface area (TPSA) is 58.8 Å². The molecule has 2 bridgehead atoms. The van der Waals surface area contributed by atoms with E-state index in [9.17, 15) is 4.79 Å². The highest BCUT2D eigenvalue weighted by atomic mass is 16.5. The number of piperazine rings is 1. The normalized spacial score (nSPS) is 37.9. The molecule has 2 N–H and O–H groups in total. The van der Waals surface area contributed by atoms with Crippen LogP contribution in [0.1, 0.15) is 44.9 Å². The second kappa shape index (κ2) is 7.93. The molecule has 2 heterocycles. The van der Waals surface area contributed by atoms with E-state index in [0.29, 0.717) is 23.8 Å². The molecule has 4 fully saturated rings.